The van der Waals surface area contributed by atoms with Crippen LogP contribution in [0.4, 0.5) is 0 Å². The van der Waals surface area contributed by atoms with Crippen LogP contribution in [0.5, 0.6) is 11.5 Å². The fourth-order valence-electron chi connectivity index (χ4n) is 2.01. The molecule has 0 spiro atoms. The minimum absolute atomic E-state index is 0.280. The first-order chi connectivity index (χ1) is 10.2. The summed E-state index contributed by atoms with van der Waals surface area (Å²) in [5.74, 6) is 1.57. The van der Waals surface area contributed by atoms with Crippen LogP contribution >= 0.6 is 15.9 Å². The molecule has 0 saturated carbocycles. The van der Waals surface area contributed by atoms with Gasteiger partial charge in [0.1, 0.15) is 0 Å². The molecule has 2 N–H and O–H groups in total. The van der Waals surface area contributed by atoms with Crippen molar-refractivity contribution in [2.45, 2.75) is 39.7 Å². The van der Waals surface area contributed by atoms with Gasteiger partial charge in [0.2, 0.25) is 0 Å². The van der Waals surface area contributed by atoms with E-state index in [1.807, 2.05) is 26.0 Å². The van der Waals surface area contributed by atoms with Gasteiger partial charge in [0.05, 0.1) is 13.2 Å². The largest absolute Gasteiger partial charge is 0.490 e. The molecule has 0 fully saturated rings. The quantitative estimate of drug-likeness (QED) is 0.593. The van der Waals surface area contributed by atoms with Crippen LogP contribution in [0, 0.1) is 0 Å². The van der Waals surface area contributed by atoms with E-state index in [0.29, 0.717) is 13.2 Å². The monoisotopic (exact) mass is 359 g/mol. The number of aliphatic hydroxyl groups is 1. The molecule has 0 atom stereocenters. The van der Waals surface area contributed by atoms with Crippen LogP contribution in [-0.2, 0) is 6.54 Å². The first-order valence-corrected chi connectivity index (χ1v) is 8.41. The molecule has 0 unspecified atom stereocenters. The number of benzene rings is 1. The molecule has 0 aliphatic carbocycles. The average molecular weight is 360 g/mol. The van der Waals surface area contributed by atoms with Gasteiger partial charge in [0, 0.05) is 17.6 Å². The minimum Gasteiger partial charge on any atom is -0.490 e. The fourth-order valence-corrected chi connectivity index (χ4v) is 2.47. The van der Waals surface area contributed by atoms with Crippen molar-refractivity contribution in [3.05, 3.63) is 22.2 Å². The highest BCUT2D eigenvalue weighted by Crippen LogP contribution is 2.33. The lowest BCUT2D eigenvalue weighted by Gasteiger charge is -2.14. The summed E-state index contributed by atoms with van der Waals surface area (Å²) in [6, 6.07) is 4.00. The van der Waals surface area contributed by atoms with Gasteiger partial charge >= 0.3 is 0 Å². The third-order valence-electron chi connectivity index (χ3n) is 3.04. The van der Waals surface area contributed by atoms with Gasteiger partial charge in [0.15, 0.2) is 11.5 Å². The molecule has 120 valence electrons. The minimum atomic E-state index is 0.280. The molecule has 1 aromatic rings. The first-order valence-electron chi connectivity index (χ1n) is 7.62. The van der Waals surface area contributed by atoms with Crippen molar-refractivity contribution in [3.63, 3.8) is 0 Å². The van der Waals surface area contributed by atoms with E-state index >= 15 is 0 Å². The molecule has 0 heterocycles. The van der Waals surface area contributed by atoms with Gasteiger partial charge in [-0.05, 0) is 57.4 Å². The fraction of sp³-hybridized carbons (Fsp3) is 0.625. The number of halogens is 1. The molecule has 0 amide bonds. The summed E-state index contributed by atoms with van der Waals surface area (Å²) in [5, 5.41) is 12.1. The van der Waals surface area contributed by atoms with Crippen molar-refractivity contribution >= 4 is 15.9 Å². The van der Waals surface area contributed by atoms with Crippen molar-refractivity contribution in [3.8, 4) is 11.5 Å². The topological polar surface area (TPSA) is 50.7 Å². The molecule has 21 heavy (non-hydrogen) atoms. The molecule has 0 saturated heterocycles. The normalized spacial score (nSPS) is 10.7. The Bertz CT molecular complexity index is 413. The summed E-state index contributed by atoms with van der Waals surface area (Å²) in [4.78, 5) is 0. The Morgan fingerprint density at radius 1 is 1.05 bits per heavy atom. The van der Waals surface area contributed by atoms with Crippen molar-refractivity contribution in [2.75, 3.05) is 26.4 Å². The lowest BCUT2D eigenvalue weighted by atomic mass is 10.2. The van der Waals surface area contributed by atoms with E-state index < -0.39 is 0 Å². The van der Waals surface area contributed by atoms with Crippen LogP contribution < -0.4 is 14.8 Å². The van der Waals surface area contributed by atoms with E-state index in [0.717, 1.165) is 53.9 Å². The van der Waals surface area contributed by atoms with E-state index in [9.17, 15) is 0 Å². The molecular formula is C16H26BrNO3. The van der Waals surface area contributed by atoms with Gasteiger partial charge in [-0.3, -0.25) is 0 Å². The summed E-state index contributed by atoms with van der Waals surface area (Å²) < 4.78 is 12.3. The number of aliphatic hydroxyl groups excluding tert-OH is 1. The standard InChI is InChI=1S/C16H26BrNO3/c1-3-20-15-10-13(12-18-8-6-5-7-9-19)14(17)11-16(15)21-4-2/h10-11,18-19H,3-9,12H2,1-2H3. The van der Waals surface area contributed by atoms with Crippen molar-refractivity contribution < 1.29 is 14.6 Å². The maximum atomic E-state index is 8.74. The average Bonchev–Trinajstić information content (AvgIpc) is 2.47. The number of ether oxygens (including phenoxy) is 2. The lowest BCUT2D eigenvalue weighted by Crippen LogP contribution is -2.15. The van der Waals surface area contributed by atoms with E-state index in [1.165, 1.54) is 0 Å². The molecular weight excluding hydrogens is 334 g/mol. The number of hydrogen-bond donors (Lipinski definition) is 2. The summed E-state index contributed by atoms with van der Waals surface area (Å²) >= 11 is 3.59. The zero-order valence-corrected chi connectivity index (χ0v) is 14.5. The Balaban J connectivity index is 2.58. The predicted octanol–water partition coefficient (Wildman–Crippen LogP) is 3.50. The van der Waals surface area contributed by atoms with E-state index in [4.69, 9.17) is 14.6 Å². The molecule has 4 nitrogen and oxygen atoms in total. The second kappa shape index (κ2) is 10.9. The van der Waals surface area contributed by atoms with Crippen LogP contribution in [0.1, 0.15) is 38.7 Å². The number of hydrogen-bond acceptors (Lipinski definition) is 4. The summed E-state index contributed by atoms with van der Waals surface area (Å²) in [7, 11) is 0. The van der Waals surface area contributed by atoms with Gasteiger partial charge in [0.25, 0.3) is 0 Å². The zero-order valence-electron chi connectivity index (χ0n) is 13.0. The highest BCUT2D eigenvalue weighted by atomic mass is 79.9. The third-order valence-corrected chi connectivity index (χ3v) is 3.78. The molecule has 1 aromatic carbocycles. The Labute approximate surface area is 136 Å². The Morgan fingerprint density at radius 2 is 1.71 bits per heavy atom. The van der Waals surface area contributed by atoms with Gasteiger partial charge in [-0.2, -0.15) is 0 Å². The SMILES string of the molecule is CCOc1cc(Br)c(CNCCCCCO)cc1OCC. The van der Waals surface area contributed by atoms with Gasteiger partial charge in [-0.1, -0.05) is 15.9 Å². The summed E-state index contributed by atoms with van der Waals surface area (Å²) in [6.07, 6.45) is 3.01. The number of rotatable bonds is 11. The third kappa shape index (κ3) is 6.68. The smallest absolute Gasteiger partial charge is 0.162 e. The first kappa shape index (κ1) is 18.3. The number of nitrogens with one attached hydrogen (secondary N) is 1. The summed E-state index contributed by atoms with van der Waals surface area (Å²) in [5.41, 5.74) is 1.16. The van der Waals surface area contributed by atoms with E-state index in [1.54, 1.807) is 0 Å². The molecule has 1 rings (SSSR count). The van der Waals surface area contributed by atoms with Gasteiger partial charge < -0.3 is 19.9 Å². The zero-order chi connectivity index (χ0) is 15.5. The van der Waals surface area contributed by atoms with Crippen molar-refractivity contribution in [1.82, 2.24) is 5.32 Å². The highest BCUT2D eigenvalue weighted by molar-refractivity contribution is 9.10. The molecule has 0 aliphatic heterocycles. The molecule has 0 radical (unpaired) electrons. The van der Waals surface area contributed by atoms with Crippen LogP contribution in [-0.4, -0.2) is 31.5 Å². The maximum Gasteiger partial charge on any atom is 0.162 e. The number of unbranched alkanes of at least 4 members (excludes halogenated alkanes) is 2. The van der Waals surface area contributed by atoms with Crippen LogP contribution in [0.2, 0.25) is 0 Å². The van der Waals surface area contributed by atoms with E-state index in [2.05, 4.69) is 21.2 Å². The molecule has 0 aromatic heterocycles. The van der Waals surface area contributed by atoms with Gasteiger partial charge in [-0.25, -0.2) is 0 Å². The second-order valence-corrected chi connectivity index (χ2v) is 5.57. The maximum absolute atomic E-state index is 8.74. The molecule has 5 heteroatoms. The summed E-state index contributed by atoms with van der Waals surface area (Å²) in [6.45, 7) is 7.19. The van der Waals surface area contributed by atoms with Gasteiger partial charge in [-0.15, -0.1) is 0 Å². The van der Waals surface area contributed by atoms with Crippen LogP contribution in [0.15, 0.2) is 16.6 Å². The Morgan fingerprint density at radius 3 is 2.33 bits per heavy atom. The lowest BCUT2D eigenvalue weighted by molar-refractivity contribution is 0.282. The highest BCUT2D eigenvalue weighted by Gasteiger charge is 2.10. The van der Waals surface area contributed by atoms with Crippen molar-refractivity contribution in [2.24, 2.45) is 0 Å². The van der Waals surface area contributed by atoms with Crippen LogP contribution in [0.3, 0.4) is 0 Å². The van der Waals surface area contributed by atoms with Crippen molar-refractivity contribution in [1.29, 1.82) is 0 Å². The van der Waals surface area contributed by atoms with E-state index in [-0.39, 0.29) is 6.61 Å². The molecule has 0 bridgehead atoms. The predicted molar refractivity (Wildman–Crippen MR) is 89.1 cm³/mol. The Kier molecular flexibility index (Phi) is 9.46. The molecule has 0 aliphatic rings. The Hall–Kier alpha value is -0.780. The second-order valence-electron chi connectivity index (χ2n) is 4.72. The van der Waals surface area contributed by atoms with Crippen LogP contribution in [0.25, 0.3) is 0 Å².